The minimum Gasteiger partial charge on any atom is -0.316 e. The smallest absolute Gasteiger partial charge is 0.00553 e. The van der Waals surface area contributed by atoms with Gasteiger partial charge in [0.1, 0.15) is 0 Å². The van der Waals surface area contributed by atoms with Crippen LogP contribution in [-0.2, 0) is 0 Å². The molecular formula is C10H22N2S. The minimum absolute atomic E-state index is 0.929. The van der Waals surface area contributed by atoms with E-state index in [-0.39, 0.29) is 0 Å². The topological polar surface area (TPSA) is 15.3 Å². The standard InChI is InChI=1S/C10H22N2S/c1-12-6-3-10(4-7-12)9-11-5-8-13-2/h10-11H,3-9H2,1-2H3. The fourth-order valence-corrected chi connectivity index (χ4v) is 2.10. The van der Waals surface area contributed by atoms with Gasteiger partial charge in [-0.2, -0.15) is 11.8 Å². The van der Waals surface area contributed by atoms with Gasteiger partial charge in [0.05, 0.1) is 0 Å². The van der Waals surface area contributed by atoms with E-state index in [1.807, 2.05) is 11.8 Å². The number of nitrogens with one attached hydrogen (secondary N) is 1. The van der Waals surface area contributed by atoms with Crippen molar-refractivity contribution in [2.24, 2.45) is 5.92 Å². The van der Waals surface area contributed by atoms with Gasteiger partial charge in [-0.1, -0.05) is 0 Å². The van der Waals surface area contributed by atoms with Crippen molar-refractivity contribution < 1.29 is 0 Å². The number of hydrogen-bond donors (Lipinski definition) is 1. The monoisotopic (exact) mass is 202 g/mol. The molecule has 0 aromatic rings. The van der Waals surface area contributed by atoms with Crippen LogP contribution in [0.4, 0.5) is 0 Å². The Morgan fingerprint density at radius 1 is 1.38 bits per heavy atom. The summed E-state index contributed by atoms with van der Waals surface area (Å²) in [6.45, 7) is 4.98. The molecule has 13 heavy (non-hydrogen) atoms. The van der Waals surface area contributed by atoms with Crippen molar-refractivity contribution in [3.8, 4) is 0 Å². The van der Waals surface area contributed by atoms with E-state index in [1.165, 1.54) is 44.8 Å². The Balaban J connectivity index is 1.96. The van der Waals surface area contributed by atoms with Crippen LogP contribution >= 0.6 is 11.8 Å². The Bertz CT molecular complexity index is 122. The molecule has 0 saturated carbocycles. The second kappa shape index (κ2) is 6.68. The highest BCUT2D eigenvalue weighted by atomic mass is 32.2. The van der Waals surface area contributed by atoms with E-state index in [1.54, 1.807) is 0 Å². The number of likely N-dealkylation sites (tertiary alicyclic amines) is 1. The third-order valence-electron chi connectivity index (χ3n) is 2.75. The van der Waals surface area contributed by atoms with Crippen LogP contribution in [0.15, 0.2) is 0 Å². The first-order valence-electron chi connectivity index (χ1n) is 5.21. The molecular weight excluding hydrogens is 180 g/mol. The van der Waals surface area contributed by atoms with E-state index >= 15 is 0 Å². The molecule has 1 aliphatic rings. The van der Waals surface area contributed by atoms with Crippen LogP contribution in [-0.4, -0.2) is 50.1 Å². The predicted octanol–water partition coefficient (Wildman–Crippen LogP) is 1.28. The van der Waals surface area contributed by atoms with Crippen LogP contribution in [0.25, 0.3) is 0 Å². The molecule has 0 amide bonds. The highest BCUT2D eigenvalue weighted by Gasteiger charge is 2.15. The van der Waals surface area contributed by atoms with E-state index in [0.717, 1.165) is 5.92 Å². The Morgan fingerprint density at radius 3 is 2.69 bits per heavy atom. The Kier molecular flexibility index (Phi) is 5.83. The molecule has 78 valence electrons. The van der Waals surface area contributed by atoms with Crippen molar-refractivity contribution in [1.82, 2.24) is 10.2 Å². The van der Waals surface area contributed by atoms with Crippen LogP contribution in [0.1, 0.15) is 12.8 Å². The molecule has 0 unspecified atom stereocenters. The largest absolute Gasteiger partial charge is 0.316 e. The van der Waals surface area contributed by atoms with E-state index in [4.69, 9.17) is 0 Å². The molecule has 1 saturated heterocycles. The molecule has 0 bridgehead atoms. The van der Waals surface area contributed by atoms with Crippen molar-refractivity contribution in [3.05, 3.63) is 0 Å². The molecule has 0 radical (unpaired) electrons. The summed E-state index contributed by atoms with van der Waals surface area (Å²) in [5.74, 6) is 2.17. The van der Waals surface area contributed by atoms with Gasteiger partial charge in [0.2, 0.25) is 0 Å². The average Bonchev–Trinajstić information content (AvgIpc) is 2.15. The summed E-state index contributed by atoms with van der Waals surface area (Å²) in [4.78, 5) is 2.43. The van der Waals surface area contributed by atoms with Gasteiger partial charge >= 0.3 is 0 Å². The van der Waals surface area contributed by atoms with Crippen LogP contribution < -0.4 is 5.32 Å². The predicted molar refractivity (Wildman–Crippen MR) is 61.5 cm³/mol. The van der Waals surface area contributed by atoms with Crippen molar-refractivity contribution in [3.63, 3.8) is 0 Å². The number of thioether (sulfide) groups is 1. The van der Waals surface area contributed by atoms with Gasteiger partial charge < -0.3 is 10.2 Å². The van der Waals surface area contributed by atoms with Gasteiger partial charge in [0.25, 0.3) is 0 Å². The van der Waals surface area contributed by atoms with E-state index in [9.17, 15) is 0 Å². The zero-order valence-corrected chi connectivity index (χ0v) is 9.70. The molecule has 1 aliphatic heterocycles. The summed E-state index contributed by atoms with van der Waals surface area (Å²) in [5, 5.41) is 3.53. The lowest BCUT2D eigenvalue weighted by atomic mass is 9.97. The summed E-state index contributed by atoms with van der Waals surface area (Å²) in [6.07, 6.45) is 4.92. The second-order valence-corrected chi connectivity index (χ2v) is 4.93. The Hall–Kier alpha value is 0.270. The summed E-state index contributed by atoms with van der Waals surface area (Å²) >= 11 is 1.92. The molecule has 0 aromatic heterocycles. The zero-order valence-electron chi connectivity index (χ0n) is 8.88. The minimum atomic E-state index is 0.929. The zero-order chi connectivity index (χ0) is 9.52. The third kappa shape index (κ3) is 4.89. The van der Waals surface area contributed by atoms with Crippen LogP contribution in [0.5, 0.6) is 0 Å². The third-order valence-corrected chi connectivity index (χ3v) is 3.37. The summed E-state index contributed by atoms with van der Waals surface area (Å²) in [5.41, 5.74) is 0. The molecule has 0 spiro atoms. The van der Waals surface area contributed by atoms with E-state index < -0.39 is 0 Å². The van der Waals surface area contributed by atoms with Gasteiger partial charge in [-0.3, -0.25) is 0 Å². The van der Waals surface area contributed by atoms with E-state index in [2.05, 4.69) is 23.5 Å². The highest BCUT2D eigenvalue weighted by molar-refractivity contribution is 7.98. The number of rotatable bonds is 5. The van der Waals surface area contributed by atoms with Crippen LogP contribution in [0, 0.1) is 5.92 Å². The first-order valence-corrected chi connectivity index (χ1v) is 6.60. The lowest BCUT2D eigenvalue weighted by Crippen LogP contribution is -2.35. The lowest BCUT2D eigenvalue weighted by Gasteiger charge is -2.28. The molecule has 2 nitrogen and oxygen atoms in total. The lowest BCUT2D eigenvalue weighted by molar-refractivity contribution is 0.217. The molecule has 0 atom stereocenters. The molecule has 1 fully saturated rings. The summed E-state index contributed by atoms with van der Waals surface area (Å²) in [6, 6.07) is 0. The molecule has 1 N–H and O–H groups in total. The first-order chi connectivity index (χ1) is 6.33. The van der Waals surface area contributed by atoms with Gasteiger partial charge in [0, 0.05) is 12.3 Å². The average molecular weight is 202 g/mol. The van der Waals surface area contributed by atoms with Crippen LogP contribution in [0.3, 0.4) is 0 Å². The fraction of sp³-hybridized carbons (Fsp3) is 1.00. The fourth-order valence-electron chi connectivity index (χ4n) is 1.75. The van der Waals surface area contributed by atoms with E-state index in [0.29, 0.717) is 0 Å². The molecule has 1 rings (SSSR count). The van der Waals surface area contributed by atoms with Crippen molar-refractivity contribution in [1.29, 1.82) is 0 Å². The van der Waals surface area contributed by atoms with Crippen LogP contribution in [0.2, 0.25) is 0 Å². The first kappa shape index (κ1) is 11.3. The molecule has 0 aromatic carbocycles. The SMILES string of the molecule is CSCCNCC1CCN(C)CC1. The molecule has 3 heteroatoms. The number of nitrogens with zero attached hydrogens (tertiary/aromatic N) is 1. The Labute approximate surface area is 86.5 Å². The number of piperidine rings is 1. The maximum atomic E-state index is 3.53. The van der Waals surface area contributed by atoms with Gasteiger partial charge in [-0.05, 0) is 51.7 Å². The Morgan fingerprint density at radius 2 is 2.08 bits per heavy atom. The van der Waals surface area contributed by atoms with Crippen molar-refractivity contribution in [2.75, 3.05) is 45.2 Å². The highest BCUT2D eigenvalue weighted by Crippen LogP contribution is 2.14. The van der Waals surface area contributed by atoms with Gasteiger partial charge in [0.15, 0.2) is 0 Å². The summed E-state index contributed by atoms with van der Waals surface area (Å²) < 4.78 is 0. The van der Waals surface area contributed by atoms with Crippen molar-refractivity contribution in [2.45, 2.75) is 12.8 Å². The summed E-state index contributed by atoms with van der Waals surface area (Å²) in [7, 11) is 2.22. The second-order valence-electron chi connectivity index (χ2n) is 3.94. The van der Waals surface area contributed by atoms with Gasteiger partial charge in [-0.25, -0.2) is 0 Å². The molecule has 0 aliphatic carbocycles. The van der Waals surface area contributed by atoms with Crippen molar-refractivity contribution >= 4 is 11.8 Å². The quantitative estimate of drug-likeness (QED) is 0.676. The molecule has 1 heterocycles. The maximum Gasteiger partial charge on any atom is 0.00553 e. The maximum absolute atomic E-state index is 3.53. The number of hydrogen-bond acceptors (Lipinski definition) is 3. The normalized spacial score (nSPS) is 20.8. The van der Waals surface area contributed by atoms with Gasteiger partial charge in [-0.15, -0.1) is 0 Å².